The minimum atomic E-state index is 0.177. The molecule has 0 bridgehead atoms. The summed E-state index contributed by atoms with van der Waals surface area (Å²) in [5.74, 6) is 0.571. The molecule has 2 nitrogen and oxygen atoms in total. The Balaban J connectivity index is 2.41. The van der Waals surface area contributed by atoms with Crippen LogP contribution in [0.1, 0.15) is 17.0 Å². The number of hydrogen-bond acceptors (Lipinski definition) is 2. The number of fused-ring (bicyclic) bond motifs is 1. The molecule has 4 heteroatoms. The Kier molecular flexibility index (Phi) is 3.14. The lowest BCUT2D eigenvalue weighted by Crippen LogP contribution is -2.20. The third kappa shape index (κ3) is 1.97. The highest BCUT2D eigenvalue weighted by Gasteiger charge is 2.25. The van der Waals surface area contributed by atoms with E-state index in [-0.39, 0.29) is 9.65 Å². The zero-order valence-electron chi connectivity index (χ0n) is 7.41. The SMILES string of the molecule is Oc1ccc2c(c1)C(C(Br)Br)COC2. The van der Waals surface area contributed by atoms with Crippen molar-refractivity contribution >= 4 is 31.9 Å². The van der Waals surface area contributed by atoms with E-state index in [9.17, 15) is 5.11 Å². The summed E-state index contributed by atoms with van der Waals surface area (Å²) < 4.78 is 5.64. The Labute approximate surface area is 99.5 Å². The number of aromatic hydroxyl groups is 1. The number of halogens is 2. The molecule has 0 aromatic heterocycles. The summed E-state index contributed by atoms with van der Waals surface area (Å²) in [6.45, 7) is 1.32. The Hall–Kier alpha value is -0.0600. The fraction of sp³-hybridized carbons (Fsp3) is 0.400. The standard InChI is InChI=1S/C10H10Br2O2/c11-10(12)9-5-14-4-6-1-2-7(13)3-8(6)9/h1-3,9-10,13H,4-5H2. The first-order valence-electron chi connectivity index (χ1n) is 4.36. The topological polar surface area (TPSA) is 29.5 Å². The molecule has 1 unspecified atom stereocenters. The monoisotopic (exact) mass is 320 g/mol. The number of phenolic OH excluding ortho intramolecular Hbond substituents is 1. The van der Waals surface area contributed by atoms with E-state index in [2.05, 4.69) is 31.9 Å². The van der Waals surface area contributed by atoms with E-state index < -0.39 is 0 Å². The van der Waals surface area contributed by atoms with Gasteiger partial charge in [-0.05, 0) is 23.3 Å². The summed E-state index contributed by atoms with van der Waals surface area (Å²) in [5.41, 5.74) is 2.32. The summed E-state index contributed by atoms with van der Waals surface area (Å²) in [5, 5.41) is 9.42. The molecule has 1 heterocycles. The number of rotatable bonds is 1. The molecular weight excluding hydrogens is 312 g/mol. The summed E-state index contributed by atoms with van der Waals surface area (Å²) in [4.78, 5) is 0. The maximum atomic E-state index is 9.42. The van der Waals surface area contributed by atoms with Crippen molar-refractivity contribution in [3.8, 4) is 5.75 Å². The van der Waals surface area contributed by atoms with Gasteiger partial charge in [-0.25, -0.2) is 0 Å². The number of alkyl halides is 2. The van der Waals surface area contributed by atoms with Crippen molar-refractivity contribution < 1.29 is 9.84 Å². The summed E-state index contributed by atoms with van der Waals surface area (Å²) in [6, 6.07) is 5.43. The summed E-state index contributed by atoms with van der Waals surface area (Å²) in [7, 11) is 0. The molecule has 0 saturated carbocycles. The molecule has 1 atom stereocenters. The number of phenols is 1. The second-order valence-corrected chi connectivity index (χ2v) is 6.54. The maximum absolute atomic E-state index is 9.42. The van der Waals surface area contributed by atoms with Gasteiger partial charge in [-0.2, -0.15) is 0 Å². The lowest BCUT2D eigenvalue weighted by molar-refractivity contribution is 0.0950. The van der Waals surface area contributed by atoms with Gasteiger partial charge in [0.1, 0.15) is 5.75 Å². The van der Waals surface area contributed by atoms with Gasteiger partial charge in [-0.15, -0.1) is 0 Å². The van der Waals surface area contributed by atoms with Crippen LogP contribution in [-0.2, 0) is 11.3 Å². The smallest absolute Gasteiger partial charge is 0.115 e. The zero-order chi connectivity index (χ0) is 10.1. The van der Waals surface area contributed by atoms with E-state index >= 15 is 0 Å². The molecule has 1 aliphatic rings. The highest BCUT2D eigenvalue weighted by molar-refractivity contribution is 9.24. The Bertz CT molecular complexity index is 339. The highest BCUT2D eigenvalue weighted by Crippen LogP contribution is 2.36. The van der Waals surface area contributed by atoms with E-state index in [0.29, 0.717) is 19.0 Å². The molecule has 0 aliphatic carbocycles. The Morgan fingerprint density at radius 1 is 1.43 bits per heavy atom. The van der Waals surface area contributed by atoms with Crippen LogP contribution in [0.3, 0.4) is 0 Å². The summed E-state index contributed by atoms with van der Waals surface area (Å²) >= 11 is 6.97. The molecule has 1 N–H and O–H groups in total. The quantitative estimate of drug-likeness (QED) is 0.805. The van der Waals surface area contributed by atoms with Crippen LogP contribution in [0, 0.1) is 0 Å². The number of ether oxygens (including phenoxy) is 1. The fourth-order valence-electron chi connectivity index (χ4n) is 1.65. The minimum Gasteiger partial charge on any atom is -0.508 e. The molecule has 14 heavy (non-hydrogen) atoms. The predicted octanol–water partition coefficient (Wildman–Crippen LogP) is 3.12. The third-order valence-electron chi connectivity index (χ3n) is 2.39. The van der Waals surface area contributed by atoms with Gasteiger partial charge in [0.05, 0.1) is 17.0 Å². The molecule has 76 valence electrons. The Morgan fingerprint density at radius 3 is 2.93 bits per heavy atom. The van der Waals surface area contributed by atoms with Gasteiger partial charge < -0.3 is 9.84 Å². The van der Waals surface area contributed by atoms with Crippen LogP contribution in [0.15, 0.2) is 18.2 Å². The molecule has 0 fully saturated rings. The average Bonchev–Trinajstić information content (AvgIpc) is 2.16. The lowest BCUT2D eigenvalue weighted by atomic mass is 9.94. The van der Waals surface area contributed by atoms with Gasteiger partial charge in [-0.1, -0.05) is 37.9 Å². The van der Waals surface area contributed by atoms with Crippen LogP contribution in [0.4, 0.5) is 0 Å². The molecule has 0 spiro atoms. The van der Waals surface area contributed by atoms with Crippen LogP contribution in [0.2, 0.25) is 0 Å². The van der Waals surface area contributed by atoms with Gasteiger partial charge in [0.15, 0.2) is 0 Å². The van der Waals surface area contributed by atoms with Crippen LogP contribution >= 0.6 is 31.9 Å². The molecule has 1 aromatic carbocycles. The molecular formula is C10H10Br2O2. The van der Waals surface area contributed by atoms with Crippen molar-refractivity contribution in [2.75, 3.05) is 6.61 Å². The van der Waals surface area contributed by atoms with E-state index in [4.69, 9.17) is 4.74 Å². The highest BCUT2D eigenvalue weighted by atomic mass is 79.9. The van der Waals surface area contributed by atoms with Gasteiger partial charge >= 0.3 is 0 Å². The normalized spacial score (nSPS) is 20.9. The van der Waals surface area contributed by atoms with Crippen LogP contribution in [-0.4, -0.2) is 15.4 Å². The fourth-order valence-corrected chi connectivity index (χ4v) is 2.53. The molecule has 1 aliphatic heterocycles. The van der Waals surface area contributed by atoms with Crippen molar-refractivity contribution in [1.82, 2.24) is 0 Å². The van der Waals surface area contributed by atoms with Gasteiger partial charge in [0, 0.05) is 5.92 Å². The summed E-state index contributed by atoms with van der Waals surface area (Å²) in [6.07, 6.45) is 0. The Morgan fingerprint density at radius 2 is 2.21 bits per heavy atom. The first-order chi connectivity index (χ1) is 6.68. The minimum absolute atomic E-state index is 0.177. The van der Waals surface area contributed by atoms with Crippen molar-refractivity contribution in [1.29, 1.82) is 0 Å². The first-order valence-corrected chi connectivity index (χ1v) is 6.19. The van der Waals surface area contributed by atoms with Crippen molar-refractivity contribution in [2.45, 2.75) is 16.3 Å². The van der Waals surface area contributed by atoms with E-state index in [1.54, 1.807) is 6.07 Å². The van der Waals surface area contributed by atoms with Crippen LogP contribution < -0.4 is 0 Å². The molecule has 1 aromatic rings. The van der Waals surface area contributed by atoms with Gasteiger partial charge in [0.25, 0.3) is 0 Å². The molecule has 2 rings (SSSR count). The molecule has 0 radical (unpaired) electrons. The van der Waals surface area contributed by atoms with Crippen molar-refractivity contribution in [3.05, 3.63) is 29.3 Å². The molecule has 0 amide bonds. The van der Waals surface area contributed by atoms with E-state index in [0.717, 1.165) is 11.1 Å². The lowest BCUT2D eigenvalue weighted by Gasteiger charge is -2.26. The second-order valence-electron chi connectivity index (χ2n) is 3.34. The van der Waals surface area contributed by atoms with Crippen LogP contribution in [0.5, 0.6) is 5.75 Å². The average molecular weight is 322 g/mol. The van der Waals surface area contributed by atoms with Crippen molar-refractivity contribution in [3.63, 3.8) is 0 Å². The van der Waals surface area contributed by atoms with Crippen LogP contribution in [0.25, 0.3) is 0 Å². The van der Waals surface area contributed by atoms with E-state index in [1.807, 2.05) is 12.1 Å². The number of benzene rings is 1. The second kappa shape index (κ2) is 4.21. The number of hydrogen-bond donors (Lipinski definition) is 1. The van der Waals surface area contributed by atoms with E-state index in [1.165, 1.54) is 0 Å². The zero-order valence-corrected chi connectivity index (χ0v) is 10.6. The maximum Gasteiger partial charge on any atom is 0.115 e. The molecule has 0 saturated heterocycles. The first kappa shape index (κ1) is 10.5. The predicted molar refractivity (Wildman–Crippen MR) is 62.1 cm³/mol. The van der Waals surface area contributed by atoms with Crippen molar-refractivity contribution in [2.24, 2.45) is 0 Å². The van der Waals surface area contributed by atoms with Gasteiger partial charge in [0.2, 0.25) is 0 Å². The van der Waals surface area contributed by atoms with Gasteiger partial charge in [-0.3, -0.25) is 0 Å². The largest absolute Gasteiger partial charge is 0.508 e. The third-order valence-corrected chi connectivity index (χ3v) is 3.66.